The molecule has 0 N–H and O–H groups in total. The maximum atomic E-state index is 13.2. The van der Waals surface area contributed by atoms with Gasteiger partial charge in [0.15, 0.2) is 5.78 Å². The van der Waals surface area contributed by atoms with Crippen LogP contribution >= 0.6 is 0 Å². The fourth-order valence-electron chi connectivity index (χ4n) is 3.72. The highest BCUT2D eigenvalue weighted by Crippen LogP contribution is 2.42. The number of hydrogen-bond donors (Lipinski definition) is 0. The van der Waals surface area contributed by atoms with E-state index in [0.29, 0.717) is 22.5 Å². The predicted molar refractivity (Wildman–Crippen MR) is 109 cm³/mol. The van der Waals surface area contributed by atoms with E-state index in [4.69, 9.17) is 5.10 Å². The number of benzene rings is 3. The third-order valence-corrected chi connectivity index (χ3v) is 5.17. The van der Waals surface area contributed by atoms with Gasteiger partial charge >= 0.3 is 0 Å². The molecule has 0 spiro atoms. The Labute approximate surface area is 166 Å². The van der Waals surface area contributed by atoms with Crippen LogP contribution in [0.25, 0.3) is 28.2 Å². The second-order valence-corrected chi connectivity index (χ2v) is 7.00. The summed E-state index contributed by atoms with van der Waals surface area (Å²) in [6.45, 7) is 2.00. The Hall–Kier alpha value is -4.06. The Balaban J connectivity index is 1.77. The van der Waals surface area contributed by atoms with E-state index in [9.17, 15) is 14.9 Å². The van der Waals surface area contributed by atoms with Crippen LogP contribution < -0.4 is 0 Å². The van der Waals surface area contributed by atoms with Crippen molar-refractivity contribution in [1.29, 1.82) is 0 Å². The van der Waals surface area contributed by atoms with Crippen LogP contribution in [0.15, 0.2) is 72.8 Å². The highest BCUT2D eigenvalue weighted by atomic mass is 16.6. The minimum absolute atomic E-state index is 0.00721. The molecule has 0 radical (unpaired) electrons. The molecular formula is C23H15N3O3. The first-order chi connectivity index (χ1) is 14.0. The summed E-state index contributed by atoms with van der Waals surface area (Å²) < 4.78 is 1.71. The van der Waals surface area contributed by atoms with Gasteiger partial charge in [0.2, 0.25) is 0 Å². The lowest BCUT2D eigenvalue weighted by Gasteiger charge is -2.07. The number of fused-ring (bicyclic) bond motifs is 3. The highest BCUT2D eigenvalue weighted by molar-refractivity contribution is 6.24. The number of rotatable bonds is 3. The quantitative estimate of drug-likeness (QED) is 0.327. The molecule has 0 unspecified atom stereocenters. The van der Waals surface area contributed by atoms with Crippen molar-refractivity contribution in [2.24, 2.45) is 0 Å². The molecule has 1 aromatic heterocycles. The molecule has 5 rings (SSSR count). The van der Waals surface area contributed by atoms with Crippen LogP contribution in [0, 0.1) is 17.0 Å². The minimum atomic E-state index is -0.437. The van der Waals surface area contributed by atoms with Crippen molar-refractivity contribution in [2.75, 3.05) is 0 Å². The van der Waals surface area contributed by atoms with Crippen LogP contribution in [0.5, 0.6) is 0 Å². The summed E-state index contributed by atoms with van der Waals surface area (Å²) in [6, 6.07) is 21.5. The third-order valence-electron chi connectivity index (χ3n) is 5.17. The molecule has 0 fully saturated rings. The summed E-state index contributed by atoms with van der Waals surface area (Å²) in [4.78, 5) is 23.8. The number of nitro benzene ring substituents is 1. The minimum Gasteiger partial charge on any atom is -0.288 e. The van der Waals surface area contributed by atoms with Gasteiger partial charge in [0, 0.05) is 28.8 Å². The van der Waals surface area contributed by atoms with Gasteiger partial charge in [0.25, 0.3) is 5.69 Å². The van der Waals surface area contributed by atoms with Crippen molar-refractivity contribution < 1.29 is 9.72 Å². The zero-order chi connectivity index (χ0) is 20.1. The summed E-state index contributed by atoms with van der Waals surface area (Å²) >= 11 is 0. The molecule has 29 heavy (non-hydrogen) atoms. The van der Waals surface area contributed by atoms with Crippen molar-refractivity contribution >= 4 is 11.5 Å². The average Bonchev–Trinajstić information content (AvgIpc) is 3.26. The number of nitrogens with zero attached hydrogens (tertiary/aromatic N) is 3. The number of hydrogen-bond acceptors (Lipinski definition) is 4. The first kappa shape index (κ1) is 17.1. The molecule has 0 amide bonds. The Morgan fingerprint density at radius 2 is 1.55 bits per heavy atom. The van der Waals surface area contributed by atoms with Crippen molar-refractivity contribution in [3.63, 3.8) is 0 Å². The van der Waals surface area contributed by atoms with Crippen molar-refractivity contribution in [3.8, 4) is 28.2 Å². The van der Waals surface area contributed by atoms with Gasteiger partial charge in [-0.3, -0.25) is 14.9 Å². The average molecular weight is 381 g/mol. The molecule has 6 nitrogen and oxygen atoms in total. The van der Waals surface area contributed by atoms with Crippen LogP contribution in [-0.2, 0) is 0 Å². The maximum Gasteiger partial charge on any atom is 0.269 e. The number of carbonyl (C=O) groups excluding carboxylic acids is 1. The molecule has 0 saturated carbocycles. The fourth-order valence-corrected chi connectivity index (χ4v) is 3.72. The zero-order valence-electron chi connectivity index (χ0n) is 15.5. The Morgan fingerprint density at radius 1 is 0.897 bits per heavy atom. The summed E-state index contributed by atoms with van der Waals surface area (Å²) in [5, 5.41) is 15.7. The van der Waals surface area contributed by atoms with Crippen LogP contribution in [0.3, 0.4) is 0 Å². The van der Waals surface area contributed by atoms with Gasteiger partial charge in [0.05, 0.1) is 21.9 Å². The molecule has 0 aliphatic heterocycles. The lowest BCUT2D eigenvalue weighted by molar-refractivity contribution is -0.384. The number of carbonyl (C=O) groups is 1. The van der Waals surface area contributed by atoms with E-state index in [1.165, 1.54) is 12.1 Å². The number of non-ortho nitro benzene ring substituents is 1. The Kier molecular flexibility index (Phi) is 3.67. The molecule has 3 aromatic carbocycles. The van der Waals surface area contributed by atoms with Crippen molar-refractivity contribution in [2.45, 2.75) is 6.92 Å². The van der Waals surface area contributed by atoms with Crippen LogP contribution in [0.2, 0.25) is 0 Å². The van der Waals surface area contributed by atoms with E-state index in [1.807, 2.05) is 55.5 Å². The van der Waals surface area contributed by atoms with E-state index in [0.717, 1.165) is 22.4 Å². The second-order valence-electron chi connectivity index (χ2n) is 7.00. The molecule has 0 saturated heterocycles. The smallest absolute Gasteiger partial charge is 0.269 e. The molecule has 1 heterocycles. The SMILES string of the molecule is Cc1ccc(-c2nn(-c3ccc([N+](=O)[O-])cc3)c3c2C(=O)c2ccccc2-3)cc1. The molecule has 140 valence electrons. The van der Waals surface area contributed by atoms with Crippen LogP contribution in [0.1, 0.15) is 21.5 Å². The normalized spacial score (nSPS) is 12.0. The summed E-state index contributed by atoms with van der Waals surface area (Å²) in [6.07, 6.45) is 0. The lowest BCUT2D eigenvalue weighted by atomic mass is 10.0. The van der Waals surface area contributed by atoms with E-state index in [2.05, 4.69) is 0 Å². The predicted octanol–water partition coefficient (Wildman–Crippen LogP) is 4.97. The van der Waals surface area contributed by atoms with Gasteiger partial charge in [-0.1, -0.05) is 54.1 Å². The number of nitro groups is 1. The standard InChI is InChI=1S/C23H15N3O3/c1-14-6-8-15(9-7-14)21-20-22(18-4-2-3-5-19(18)23(20)27)25(24-21)16-10-12-17(13-11-16)26(28)29/h2-13H,1H3. The largest absolute Gasteiger partial charge is 0.288 e. The molecule has 1 aliphatic rings. The number of ketones is 1. The first-order valence-electron chi connectivity index (χ1n) is 9.13. The Morgan fingerprint density at radius 3 is 2.21 bits per heavy atom. The van der Waals surface area contributed by atoms with Gasteiger partial charge in [-0.25, -0.2) is 4.68 Å². The van der Waals surface area contributed by atoms with E-state index >= 15 is 0 Å². The third kappa shape index (κ3) is 2.57. The molecule has 6 heteroatoms. The fraction of sp³-hybridized carbons (Fsp3) is 0.0435. The molecule has 1 aliphatic carbocycles. The number of aryl methyl sites for hydroxylation is 1. The van der Waals surface area contributed by atoms with Crippen molar-refractivity contribution in [3.05, 3.63) is 99.6 Å². The molecule has 0 bridgehead atoms. The van der Waals surface area contributed by atoms with Crippen LogP contribution in [-0.4, -0.2) is 20.5 Å². The van der Waals surface area contributed by atoms with E-state index in [-0.39, 0.29) is 11.5 Å². The van der Waals surface area contributed by atoms with Crippen LogP contribution in [0.4, 0.5) is 5.69 Å². The summed E-state index contributed by atoms with van der Waals surface area (Å²) in [5.41, 5.74) is 6.00. The molecule has 4 aromatic rings. The van der Waals surface area contributed by atoms with Crippen molar-refractivity contribution in [1.82, 2.24) is 9.78 Å². The Bertz CT molecular complexity index is 1290. The van der Waals surface area contributed by atoms with E-state index in [1.54, 1.807) is 16.8 Å². The topological polar surface area (TPSA) is 78.0 Å². The van der Waals surface area contributed by atoms with Gasteiger partial charge in [0.1, 0.15) is 5.69 Å². The van der Waals surface area contributed by atoms with Gasteiger partial charge < -0.3 is 0 Å². The van der Waals surface area contributed by atoms with Gasteiger partial charge in [-0.2, -0.15) is 5.10 Å². The highest BCUT2D eigenvalue weighted by Gasteiger charge is 2.35. The summed E-state index contributed by atoms with van der Waals surface area (Å²) in [5.74, 6) is -0.0562. The molecule has 0 atom stereocenters. The molecular weight excluding hydrogens is 366 g/mol. The zero-order valence-corrected chi connectivity index (χ0v) is 15.5. The number of aromatic nitrogens is 2. The van der Waals surface area contributed by atoms with Gasteiger partial charge in [-0.15, -0.1) is 0 Å². The van der Waals surface area contributed by atoms with Gasteiger partial charge in [-0.05, 0) is 19.1 Å². The first-order valence-corrected chi connectivity index (χ1v) is 9.13. The lowest BCUT2D eigenvalue weighted by Crippen LogP contribution is -2.00. The maximum absolute atomic E-state index is 13.2. The van der Waals surface area contributed by atoms with E-state index < -0.39 is 4.92 Å². The summed E-state index contributed by atoms with van der Waals surface area (Å²) in [7, 11) is 0. The second kappa shape index (κ2) is 6.24. The monoisotopic (exact) mass is 381 g/mol.